The number of aryl methyl sites for hydroxylation is 1. The molecule has 2 aromatic heterocycles. The Kier molecular flexibility index (Phi) is 5.79. The van der Waals surface area contributed by atoms with Crippen LogP contribution in [0.5, 0.6) is 0 Å². The van der Waals surface area contributed by atoms with E-state index in [1.807, 2.05) is 44.7 Å². The third-order valence-electron chi connectivity index (χ3n) is 5.56. The second-order valence-corrected chi connectivity index (χ2v) is 8.94. The number of carbonyl (C=O) groups excluding carboxylic acids is 1. The largest absolute Gasteiger partial charge is 0.444 e. The summed E-state index contributed by atoms with van der Waals surface area (Å²) in [5, 5.41) is 3.22. The van der Waals surface area contributed by atoms with Crippen molar-refractivity contribution in [3.63, 3.8) is 0 Å². The number of hydrogen-bond donors (Lipinski definition) is 1. The van der Waals surface area contributed by atoms with Gasteiger partial charge in [-0.3, -0.25) is 9.89 Å². The van der Waals surface area contributed by atoms with E-state index in [9.17, 15) is 9.59 Å². The highest BCUT2D eigenvalue weighted by molar-refractivity contribution is 5.69. The van der Waals surface area contributed by atoms with Crippen molar-refractivity contribution in [2.75, 3.05) is 44.3 Å². The van der Waals surface area contributed by atoms with Crippen LogP contribution in [0.2, 0.25) is 0 Å². The van der Waals surface area contributed by atoms with Crippen LogP contribution < -0.4 is 10.5 Å². The summed E-state index contributed by atoms with van der Waals surface area (Å²) in [6.07, 6.45) is 3.19. The van der Waals surface area contributed by atoms with E-state index in [0.717, 1.165) is 23.4 Å². The summed E-state index contributed by atoms with van der Waals surface area (Å²) in [5.41, 5.74) is 3.43. The molecular formula is C22H31N5O4. The smallest absolute Gasteiger partial charge is 0.410 e. The minimum absolute atomic E-state index is 0.105. The first-order valence-corrected chi connectivity index (χ1v) is 10.9. The number of rotatable bonds is 3. The first-order valence-electron chi connectivity index (χ1n) is 10.9. The van der Waals surface area contributed by atoms with Gasteiger partial charge in [0.15, 0.2) is 5.65 Å². The maximum atomic E-state index is 13.4. The molecule has 1 saturated heterocycles. The number of piperazine rings is 1. The second kappa shape index (κ2) is 8.37. The fraction of sp³-hybridized carbons (Fsp3) is 0.591. The van der Waals surface area contributed by atoms with E-state index in [0.29, 0.717) is 57.1 Å². The maximum Gasteiger partial charge on any atom is 0.410 e. The summed E-state index contributed by atoms with van der Waals surface area (Å²) in [4.78, 5) is 34.3. The van der Waals surface area contributed by atoms with Crippen LogP contribution in [-0.4, -0.2) is 70.6 Å². The van der Waals surface area contributed by atoms with Gasteiger partial charge >= 0.3 is 6.09 Å². The van der Waals surface area contributed by atoms with Gasteiger partial charge in [0.05, 0.1) is 24.6 Å². The zero-order chi connectivity index (χ0) is 22.2. The number of nitrogens with one attached hydrogen (secondary N) is 1. The quantitative estimate of drug-likeness (QED) is 0.806. The highest BCUT2D eigenvalue weighted by atomic mass is 16.6. The summed E-state index contributed by atoms with van der Waals surface area (Å²) in [7, 11) is 0. The summed E-state index contributed by atoms with van der Waals surface area (Å²) in [6.45, 7) is 11.0. The van der Waals surface area contributed by atoms with Crippen LogP contribution in [0.25, 0.3) is 11.2 Å². The molecule has 0 spiro atoms. The number of aromatic amines is 1. The van der Waals surface area contributed by atoms with Crippen LogP contribution in [0.3, 0.4) is 0 Å². The SMILES string of the molecule is CCc1nc2cc(C3=CCOCC3)[nH]n2c(=O)c1N1CCN(C(=O)OC(C)(C)C)CC1. The van der Waals surface area contributed by atoms with Crippen molar-refractivity contribution in [1.29, 1.82) is 0 Å². The van der Waals surface area contributed by atoms with Crippen LogP contribution in [0.15, 0.2) is 16.9 Å². The summed E-state index contributed by atoms with van der Waals surface area (Å²) >= 11 is 0. The van der Waals surface area contributed by atoms with Crippen molar-refractivity contribution in [1.82, 2.24) is 19.5 Å². The molecule has 1 amide bonds. The van der Waals surface area contributed by atoms with Crippen LogP contribution >= 0.6 is 0 Å². The zero-order valence-electron chi connectivity index (χ0n) is 18.7. The molecule has 0 radical (unpaired) electrons. The molecule has 0 unspecified atom stereocenters. The molecule has 0 aliphatic carbocycles. The number of hydrogen-bond acceptors (Lipinski definition) is 6. The van der Waals surface area contributed by atoms with Crippen molar-refractivity contribution in [3.05, 3.63) is 33.9 Å². The maximum absolute atomic E-state index is 13.4. The summed E-state index contributed by atoms with van der Waals surface area (Å²) in [5.74, 6) is 0. The average molecular weight is 430 g/mol. The van der Waals surface area contributed by atoms with Gasteiger partial charge < -0.3 is 19.3 Å². The predicted octanol–water partition coefficient (Wildman–Crippen LogP) is 2.45. The van der Waals surface area contributed by atoms with E-state index in [1.54, 1.807) is 4.90 Å². The van der Waals surface area contributed by atoms with Gasteiger partial charge in [-0.25, -0.2) is 9.78 Å². The number of amides is 1. The molecule has 9 nitrogen and oxygen atoms in total. The lowest BCUT2D eigenvalue weighted by molar-refractivity contribution is 0.0240. The van der Waals surface area contributed by atoms with Crippen LogP contribution in [-0.2, 0) is 15.9 Å². The summed E-state index contributed by atoms with van der Waals surface area (Å²) < 4.78 is 12.4. The number of H-pyrrole nitrogens is 1. The molecule has 4 rings (SSSR count). The number of anilines is 1. The fourth-order valence-corrected chi connectivity index (χ4v) is 4.00. The van der Waals surface area contributed by atoms with Gasteiger partial charge in [-0.2, -0.15) is 4.52 Å². The molecule has 0 aromatic carbocycles. The predicted molar refractivity (Wildman–Crippen MR) is 119 cm³/mol. The van der Waals surface area contributed by atoms with Gasteiger partial charge in [0.1, 0.15) is 11.3 Å². The Morgan fingerprint density at radius 3 is 2.61 bits per heavy atom. The lowest BCUT2D eigenvalue weighted by atomic mass is 10.1. The zero-order valence-corrected chi connectivity index (χ0v) is 18.7. The van der Waals surface area contributed by atoms with E-state index < -0.39 is 5.60 Å². The van der Waals surface area contributed by atoms with E-state index in [1.165, 1.54) is 4.52 Å². The number of ether oxygens (including phenoxy) is 2. The molecule has 1 N–H and O–H groups in total. The average Bonchev–Trinajstić information content (AvgIpc) is 3.18. The van der Waals surface area contributed by atoms with E-state index >= 15 is 0 Å². The lowest BCUT2D eigenvalue weighted by Crippen LogP contribution is -2.51. The minimum Gasteiger partial charge on any atom is -0.444 e. The lowest BCUT2D eigenvalue weighted by Gasteiger charge is -2.36. The normalized spacial score (nSPS) is 17.7. The molecule has 2 aliphatic rings. The third-order valence-corrected chi connectivity index (χ3v) is 5.56. The van der Waals surface area contributed by atoms with Gasteiger partial charge in [-0.15, -0.1) is 0 Å². The summed E-state index contributed by atoms with van der Waals surface area (Å²) in [6, 6.07) is 1.93. The van der Waals surface area contributed by atoms with Crippen molar-refractivity contribution in [2.45, 2.75) is 46.1 Å². The van der Waals surface area contributed by atoms with Crippen molar-refractivity contribution in [2.24, 2.45) is 0 Å². The second-order valence-electron chi connectivity index (χ2n) is 8.94. The van der Waals surface area contributed by atoms with Gasteiger partial charge in [0.2, 0.25) is 0 Å². The molecule has 2 aliphatic heterocycles. The molecule has 0 bridgehead atoms. The van der Waals surface area contributed by atoms with Crippen LogP contribution in [0, 0.1) is 0 Å². The topological polar surface area (TPSA) is 92.2 Å². The molecular weight excluding hydrogens is 398 g/mol. The number of nitrogens with zero attached hydrogens (tertiary/aromatic N) is 4. The van der Waals surface area contributed by atoms with Gasteiger partial charge in [0.25, 0.3) is 5.56 Å². The molecule has 0 saturated carbocycles. The fourth-order valence-electron chi connectivity index (χ4n) is 4.00. The van der Waals surface area contributed by atoms with Crippen LogP contribution in [0.4, 0.5) is 10.5 Å². The molecule has 4 heterocycles. The first-order chi connectivity index (χ1) is 14.8. The Bertz CT molecular complexity index is 1050. The van der Waals surface area contributed by atoms with Gasteiger partial charge in [-0.05, 0) is 39.2 Å². The standard InChI is InChI=1S/C22H31N5O4/c1-5-16-19(25-8-10-26(11-9-25)21(29)31-22(2,3)4)20(28)27-18(23-16)14-17(24-27)15-6-12-30-13-7-15/h6,14,24H,5,7-13H2,1-4H3. The highest BCUT2D eigenvalue weighted by Crippen LogP contribution is 2.23. The Balaban J connectivity index is 1.59. The Morgan fingerprint density at radius 1 is 1.26 bits per heavy atom. The van der Waals surface area contributed by atoms with E-state index in [4.69, 9.17) is 14.5 Å². The van der Waals surface area contributed by atoms with Crippen LogP contribution in [0.1, 0.15) is 45.5 Å². The number of aromatic nitrogens is 3. The Labute approximate surface area is 181 Å². The first kappa shape index (κ1) is 21.4. The van der Waals surface area contributed by atoms with E-state index in [2.05, 4.69) is 5.10 Å². The van der Waals surface area contributed by atoms with Gasteiger partial charge in [0, 0.05) is 32.2 Å². The third kappa shape index (κ3) is 4.46. The molecule has 0 atom stereocenters. The van der Waals surface area contributed by atoms with Gasteiger partial charge in [-0.1, -0.05) is 13.0 Å². The molecule has 168 valence electrons. The van der Waals surface area contributed by atoms with Crippen molar-refractivity contribution >= 4 is 23.0 Å². The number of fused-ring (bicyclic) bond motifs is 1. The monoisotopic (exact) mass is 429 g/mol. The molecule has 31 heavy (non-hydrogen) atoms. The Morgan fingerprint density at radius 2 is 2.00 bits per heavy atom. The minimum atomic E-state index is -0.525. The Hall–Kier alpha value is -2.81. The molecule has 9 heteroatoms. The number of carbonyl (C=O) groups is 1. The molecule has 1 fully saturated rings. The van der Waals surface area contributed by atoms with Crippen molar-refractivity contribution in [3.8, 4) is 0 Å². The van der Waals surface area contributed by atoms with E-state index in [-0.39, 0.29) is 11.7 Å². The highest BCUT2D eigenvalue weighted by Gasteiger charge is 2.28. The van der Waals surface area contributed by atoms with Crippen molar-refractivity contribution < 1.29 is 14.3 Å². The molecule has 2 aromatic rings.